The van der Waals surface area contributed by atoms with Crippen molar-refractivity contribution < 1.29 is 9.47 Å². The number of ether oxygens (including phenoxy) is 2. The van der Waals surface area contributed by atoms with Gasteiger partial charge in [-0.3, -0.25) is 0 Å². The standard InChI is InChI=1S/C10H13IO2/c1-12-7-8-3-4-10(13-2)9(5-8)6-11/h3-5H,6-7H2,1-2H3. The zero-order valence-electron chi connectivity index (χ0n) is 7.84. The summed E-state index contributed by atoms with van der Waals surface area (Å²) in [5.74, 6) is 0.953. The van der Waals surface area contributed by atoms with E-state index in [2.05, 4.69) is 28.7 Å². The van der Waals surface area contributed by atoms with Gasteiger partial charge in [-0.05, 0) is 17.7 Å². The van der Waals surface area contributed by atoms with Gasteiger partial charge in [-0.25, -0.2) is 0 Å². The molecular weight excluding hydrogens is 279 g/mol. The van der Waals surface area contributed by atoms with Crippen molar-refractivity contribution in [2.45, 2.75) is 11.0 Å². The predicted molar refractivity (Wildman–Crippen MR) is 61.4 cm³/mol. The van der Waals surface area contributed by atoms with E-state index in [4.69, 9.17) is 9.47 Å². The normalized spacial score (nSPS) is 10.1. The molecule has 0 radical (unpaired) electrons. The van der Waals surface area contributed by atoms with Gasteiger partial charge in [-0.1, -0.05) is 28.7 Å². The molecule has 0 aliphatic heterocycles. The minimum absolute atomic E-state index is 0.660. The first-order valence-electron chi connectivity index (χ1n) is 4.02. The van der Waals surface area contributed by atoms with Crippen molar-refractivity contribution in [2.24, 2.45) is 0 Å². The van der Waals surface area contributed by atoms with Crippen LogP contribution in [0.15, 0.2) is 18.2 Å². The Kier molecular flexibility index (Phi) is 4.52. The van der Waals surface area contributed by atoms with Gasteiger partial charge in [0, 0.05) is 17.1 Å². The van der Waals surface area contributed by atoms with Crippen molar-refractivity contribution in [3.8, 4) is 5.75 Å². The molecule has 0 spiro atoms. The molecule has 0 saturated carbocycles. The summed E-state index contributed by atoms with van der Waals surface area (Å²) in [6.07, 6.45) is 0. The summed E-state index contributed by atoms with van der Waals surface area (Å²) >= 11 is 2.33. The van der Waals surface area contributed by atoms with E-state index in [1.807, 2.05) is 12.1 Å². The van der Waals surface area contributed by atoms with E-state index in [-0.39, 0.29) is 0 Å². The van der Waals surface area contributed by atoms with Crippen LogP contribution in [-0.2, 0) is 15.8 Å². The molecule has 0 fully saturated rings. The molecular formula is C10H13IO2. The molecule has 0 bridgehead atoms. The van der Waals surface area contributed by atoms with Crippen molar-refractivity contribution in [3.05, 3.63) is 29.3 Å². The average Bonchev–Trinajstić information content (AvgIpc) is 2.18. The molecule has 1 aromatic carbocycles. The zero-order chi connectivity index (χ0) is 9.68. The molecule has 0 atom stereocenters. The van der Waals surface area contributed by atoms with Crippen molar-refractivity contribution in [3.63, 3.8) is 0 Å². The van der Waals surface area contributed by atoms with Gasteiger partial charge < -0.3 is 9.47 Å². The number of methoxy groups -OCH3 is 2. The summed E-state index contributed by atoms with van der Waals surface area (Å²) in [5, 5.41) is 0. The highest BCUT2D eigenvalue weighted by molar-refractivity contribution is 14.1. The van der Waals surface area contributed by atoms with Crippen LogP contribution < -0.4 is 4.74 Å². The van der Waals surface area contributed by atoms with Crippen LogP contribution in [0, 0.1) is 0 Å². The van der Waals surface area contributed by atoms with Crippen LogP contribution in [0.5, 0.6) is 5.75 Å². The van der Waals surface area contributed by atoms with Gasteiger partial charge in [0.1, 0.15) is 5.75 Å². The minimum atomic E-state index is 0.660. The third kappa shape index (κ3) is 2.84. The predicted octanol–water partition coefficient (Wildman–Crippen LogP) is 2.78. The Morgan fingerprint density at radius 3 is 2.62 bits per heavy atom. The lowest BCUT2D eigenvalue weighted by molar-refractivity contribution is 0.185. The highest BCUT2D eigenvalue weighted by Crippen LogP contribution is 2.22. The van der Waals surface area contributed by atoms with E-state index in [1.165, 1.54) is 11.1 Å². The Morgan fingerprint density at radius 2 is 2.08 bits per heavy atom. The number of alkyl halides is 1. The van der Waals surface area contributed by atoms with Crippen molar-refractivity contribution in [1.82, 2.24) is 0 Å². The minimum Gasteiger partial charge on any atom is -0.496 e. The van der Waals surface area contributed by atoms with Gasteiger partial charge in [0.2, 0.25) is 0 Å². The Labute approximate surface area is 92.4 Å². The molecule has 13 heavy (non-hydrogen) atoms. The van der Waals surface area contributed by atoms with Crippen LogP contribution >= 0.6 is 22.6 Å². The van der Waals surface area contributed by atoms with Gasteiger partial charge in [0.15, 0.2) is 0 Å². The Morgan fingerprint density at radius 1 is 1.31 bits per heavy atom. The maximum Gasteiger partial charge on any atom is 0.122 e. The molecule has 0 saturated heterocycles. The fraction of sp³-hybridized carbons (Fsp3) is 0.400. The average molecular weight is 292 g/mol. The molecule has 72 valence electrons. The van der Waals surface area contributed by atoms with Crippen LogP contribution in [0.4, 0.5) is 0 Å². The first-order valence-corrected chi connectivity index (χ1v) is 5.55. The Balaban J connectivity index is 2.91. The molecule has 0 heterocycles. The highest BCUT2D eigenvalue weighted by atomic mass is 127. The molecule has 2 nitrogen and oxygen atoms in total. The summed E-state index contributed by atoms with van der Waals surface area (Å²) in [7, 11) is 3.40. The molecule has 0 aromatic heterocycles. The Hall–Kier alpha value is -0.290. The van der Waals surface area contributed by atoms with E-state index >= 15 is 0 Å². The van der Waals surface area contributed by atoms with Crippen molar-refractivity contribution in [2.75, 3.05) is 14.2 Å². The van der Waals surface area contributed by atoms with E-state index < -0.39 is 0 Å². The second kappa shape index (κ2) is 5.44. The topological polar surface area (TPSA) is 18.5 Å². The van der Waals surface area contributed by atoms with E-state index in [0.29, 0.717) is 6.61 Å². The van der Waals surface area contributed by atoms with Gasteiger partial charge in [-0.2, -0.15) is 0 Å². The smallest absolute Gasteiger partial charge is 0.122 e. The van der Waals surface area contributed by atoms with Crippen LogP contribution in [0.1, 0.15) is 11.1 Å². The molecule has 1 aromatic rings. The molecule has 0 unspecified atom stereocenters. The summed E-state index contributed by atoms with van der Waals surface area (Å²) in [5.41, 5.74) is 2.41. The molecule has 3 heteroatoms. The van der Waals surface area contributed by atoms with Crippen LogP contribution in [0.2, 0.25) is 0 Å². The lowest BCUT2D eigenvalue weighted by Gasteiger charge is -2.07. The fourth-order valence-electron chi connectivity index (χ4n) is 1.19. The molecule has 0 aliphatic carbocycles. The number of hydrogen-bond donors (Lipinski definition) is 0. The van der Waals surface area contributed by atoms with Crippen LogP contribution in [-0.4, -0.2) is 14.2 Å². The lowest BCUT2D eigenvalue weighted by atomic mass is 10.1. The quantitative estimate of drug-likeness (QED) is 0.627. The zero-order valence-corrected chi connectivity index (χ0v) is 10.00. The maximum atomic E-state index is 5.22. The number of halogens is 1. The van der Waals surface area contributed by atoms with Gasteiger partial charge in [0.25, 0.3) is 0 Å². The maximum absolute atomic E-state index is 5.22. The third-order valence-corrected chi connectivity index (χ3v) is 2.62. The van der Waals surface area contributed by atoms with Gasteiger partial charge in [0.05, 0.1) is 13.7 Å². The second-order valence-corrected chi connectivity index (χ2v) is 3.48. The largest absolute Gasteiger partial charge is 0.496 e. The van der Waals surface area contributed by atoms with Crippen molar-refractivity contribution >= 4 is 22.6 Å². The van der Waals surface area contributed by atoms with E-state index in [1.54, 1.807) is 14.2 Å². The summed E-state index contributed by atoms with van der Waals surface area (Å²) in [4.78, 5) is 0. The van der Waals surface area contributed by atoms with Gasteiger partial charge >= 0.3 is 0 Å². The first kappa shape index (κ1) is 10.8. The fourth-order valence-corrected chi connectivity index (χ4v) is 1.79. The monoisotopic (exact) mass is 292 g/mol. The van der Waals surface area contributed by atoms with E-state index in [0.717, 1.165) is 10.2 Å². The summed E-state index contributed by atoms with van der Waals surface area (Å²) < 4.78 is 11.2. The van der Waals surface area contributed by atoms with Crippen LogP contribution in [0.3, 0.4) is 0 Å². The third-order valence-electron chi connectivity index (χ3n) is 1.80. The molecule has 1 rings (SSSR count). The molecule has 0 N–H and O–H groups in total. The van der Waals surface area contributed by atoms with Gasteiger partial charge in [-0.15, -0.1) is 0 Å². The first-order chi connectivity index (χ1) is 6.31. The van der Waals surface area contributed by atoms with Crippen molar-refractivity contribution in [1.29, 1.82) is 0 Å². The second-order valence-electron chi connectivity index (χ2n) is 2.71. The number of hydrogen-bond acceptors (Lipinski definition) is 2. The Bertz CT molecular complexity index is 274. The van der Waals surface area contributed by atoms with E-state index in [9.17, 15) is 0 Å². The lowest BCUT2D eigenvalue weighted by Crippen LogP contribution is -1.93. The van der Waals surface area contributed by atoms with Crippen LogP contribution in [0.25, 0.3) is 0 Å². The number of benzene rings is 1. The summed E-state index contributed by atoms with van der Waals surface area (Å²) in [6.45, 7) is 0.660. The number of rotatable bonds is 4. The summed E-state index contributed by atoms with van der Waals surface area (Å²) in [6, 6.07) is 6.13. The molecule has 0 amide bonds. The highest BCUT2D eigenvalue weighted by Gasteiger charge is 2.02. The SMILES string of the molecule is COCc1ccc(OC)c(CI)c1. The molecule has 0 aliphatic rings.